The molecule has 3 rings (SSSR count). The van der Waals surface area contributed by atoms with E-state index in [1.165, 1.54) is 0 Å². The van der Waals surface area contributed by atoms with Crippen LogP contribution in [0.1, 0.15) is 29.0 Å². The molecular weight excluding hydrogens is 382 g/mol. The standard InChI is InChI=1S/C23H27N3O4/c1-5-29-19-12-6-16(7-13-19)21(26(2)3)15-24-23(27)20-14-22(30-25-20)17-8-10-18(28-4)11-9-17/h6-14,21H,5,15H2,1-4H3,(H,24,27). The Kier molecular flexibility index (Phi) is 7.08. The summed E-state index contributed by atoms with van der Waals surface area (Å²) < 4.78 is 16.0. The summed E-state index contributed by atoms with van der Waals surface area (Å²) in [7, 11) is 5.57. The fourth-order valence-electron chi connectivity index (χ4n) is 3.10. The first-order valence-corrected chi connectivity index (χ1v) is 9.80. The molecular formula is C23H27N3O4. The zero-order chi connectivity index (χ0) is 21.5. The van der Waals surface area contributed by atoms with Crippen LogP contribution in [0.5, 0.6) is 11.5 Å². The summed E-state index contributed by atoms with van der Waals surface area (Å²) in [5, 5.41) is 6.86. The molecule has 2 aromatic carbocycles. The maximum absolute atomic E-state index is 12.6. The van der Waals surface area contributed by atoms with Crippen molar-refractivity contribution in [2.75, 3.05) is 34.4 Å². The van der Waals surface area contributed by atoms with Gasteiger partial charge in [0.1, 0.15) is 11.5 Å². The zero-order valence-electron chi connectivity index (χ0n) is 17.7. The predicted molar refractivity (Wildman–Crippen MR) is 115 cm³/mol. The van der Waals surface area contributed by atoms with Crippen LogP contribution < -0.4 is 14.8 Å². The minimum absolute atomic E-state index is 0.0117. The number of nitrogens with zero attached hydrogens (tertiary/aromatic N) is 2. The lowest BCUT2D eigenvalue weighted by Gasteiger charge is -2.25. The molecule has 1 amide bonds. The normalized spacial score (nSPS) is 11.9. The van der Waals surface area contributed by atoms with E-state index in [0.29, 0.717) is 18.9 Å². The first-order valence-electron chi connectivity index (χ1n) is 9.80. The van der Waals surface area contributed by atoms with Crippen molar-refractivity contribution in [2.45, 2.75) is 13.0 Å². The molecule has 1 atom stereocenters. The van der Waals surface area contributed by atoms with Gasteiger partial charge < -0.3 is 24.2 Å². The Balaban J connectivity index is 1.65. The molecule has 0 aliphatic carbocycles. The van der Waals surface area contributed by atoms with E-state index in [1.807, 2.05) is 69.6 Å². The first-order chi connectivity index (χ1) is 14.5. The summed E-state index contributed by atoms with van der Waals surface area (Å²) in [5.41, 5.74) is 2.15. The minimum Gasteiger partial charge on any atom is -0.497 e. The average molecular weight is 409 g/mol. The molecule has 1 N–H and O–H groups in total. The lowest BCUT2D eigenvalue weighted by Crippen LogP contribution is -2.34. The quantitative estimate of drug-likeness (QED) is 0.580. The highest BCUT2D eigenvalue weighted by molar-refractivity contribution is 5.93. The number of carbonyl (C=O) groups is 1. The molecule has 1 unspecified atom stereocenters. The van der Waals surface area contributed by atoms with Gasteiger partial charge in [0.05, 0.1) is 19.8 Å². The smallest absolute Gasteiger partial charge is 0.273 e. The number of likely N-dealkylation sites (N-methyl/N-ethyl adjacent to an activating group) is 1. The van der Waals surface area contributed by atoms with Crippen molar-refractivity contribution in [1.29, 1.82) is 0 Å². The van der Waals surface area contributed by atoms with Crippen LogP contribution in [0.4, 0.5) is 0 Å². The lowest BCUT2D eigenvalue weighted by atomic mass is 10.1. The summed E-state index contributed by atoms with van der Waals surface area (Å²) in [6.07, 6.45) is 0. The molecule has 3 aromatic rings. The van der Waals surface area contributed by atoms with Crippen LogP contribution in [0.25, 0.3) is 11.3 Å². The van der Waals surface area contributed by atoms with Gasteiger partial charge in [-0.1, -0.05) is 17.3 Å². The number of carbonyl (C=O) groups excluding carboxylic acids is 1. The maximum Gasteiger partial charge on any atom is 0.273 e. The van der Waals surface area contributed by atoms with Crippen LogP contribution >= 0.6 is 0 Å². The van der Waals surface area contributed by atoms with Gasteiger partial charge in [0.25, 0.3) is 5.91 Å². The van der Waals surface area contributed by atoms with Crippen LogP contribution in [-0.4, -0.2) is 50.3 Å². The molecule has 0 spiro atoms. The van der Waals surface area contributed by atoms with Gasteiger partial charge in [-0.05, 0) is 63.0 Å². The highest BCUT2D eigenvalue weighted by Crippen LogP contribution is 2.24. The molecule has 7 heteroatoms. The second-order valence-corrected chi connectivity index (χ2v) is 7.00. The SMILES string of the molecule is CCOc1ccc(C(CNC(=O)c2cc(-c3ccc(OC)cc3)on2)N(C)C)cc1. The summed E-state index contributed by atoms with van der Waals surface area (Å²) in [4.78, 5) is 14.7. The van der Waals surface area contributed by atoms with Crippen LogP contribution in [0.2, 0.25) is 0 Å². The number of hydrogen-bond donors (Lipinski definition) is 1. The second-order valence-electron chi connectivity index (χ2n) is 7.00. The highest BCUT2D eigenvalue weighted by Gasteiger charge is 2.18. The molecule has 158 valence electrons. The molecule has 0 saturated heterocycles. The van der Waals surface area contributed by atoms with Gasteiger partial charge in [-0.2, -0.15) is 0 Å². The monoisotopic (exact) mass is 409 g/mol. The van der Waals surface area contributed by atoms with Gasteiger partial charge in [-0.25, -0.2) is 0 Å². The number of ether oxygens (including phenoxy) is 2. The third-order valence-electron chi connectivity index (χ3n) is 4.77. The molecule has 0 saturated carbocycles. The van der Waals surface area contributed by atoms with E-state index in [1.54, 1.807) is 13.2 Å². The highest BCUT2D eigenvalue weighted by atomic mass is 16.5. The summed E-state index contributed by atoms with van der Waals surface area (Å²) in [5.74, 6) is 1.83. The van der Waals surface area contributed by atoms with Crippen molar-refractivity contribution >= 4 is 5.91 Å². The molecule has 7 nitrogen and oxygen atoms in total. The number of nitrogens with one attached hydrogen (secondary N) is 1. The number of rotatable bonds is 9. The number of benzene rings is 2. The largest absolute Gasteiger partial charge is 0.497 e. The van der Waals surface area contributed by atoms with Crippen molar-refractivity contribution in [3.8, 4) is 22.8 Å². The molecule has 0 radical (unpaired) electrons. The predicted octanol–water partition coefficient (Wildman–Crippen LogP) is 3.78. The lowest BCUT2D eigenvalue weighted by molar-refractivity contribution is 0.0933. The van der Waals surface area contributed by atoms with Crippen molar-refractivity contribution in [2.24, 2.45) is 0 Å². The third-order valence-corrected chi connectivity index (χ3v) is 4.77. The van der Waals surface area contributed by atoms with Crippen LogP contribution in [0.15, 0.2) is 59.1 Å². The molecule has 0 aliphatic rings. The van der Waals surface area contributed by atoms with E-state index in [-0.39, 0.29) is 17.6 Å². The number of amides is 1. The summed E-state index contributed by atoms with van der Waals surface area (Å²) in [6, 6.07) is 16.9. The van der Waals surface area contributed by atoms with Crippen molar-refractivity contribution < 1.29 is 18.8 Å². The maximum atomic E-state index is 12.6. The molecule has 1 aromatic heterocycles. The van der Waals surface area contributed by atoms with E-state index in [4.69, 9.17) is 14.0 Å². The molecule has 30 heavy (non-hydrogen) atoms. The van der Waals surface area contributed by atoms with Crippen molar-refractivity contribution in [3.05, 3.63) is 65.9 Å². The van der Waals surface area contributed by atoms with Gasteiger partial charge in [0.15, 0.2) is 11.5 Å². The van der Waals surface area contributed by atoms with Crippen molar-refractivity contribution in [3.63, 3.8) is 0 Å². The molecule has 1 heterocycles. The van der Waals surface area contributed by atoms with Crippen molar-refractivity contribution in [1.82, 2.24) is 15.4 Å². The zero-order valence-corrected chi connectivity index (χ0v) is 17.7. The number of hydrogen-bond acceptors (Lipinski definition) is 6. The van der Waals surface area contributed by atoms with Gasteiger partial charge in [0.2, 0.25) is 0 Å². The minimum atomic E-state index is -0.281. The van der Waals surface area contributed by atoms with Crippen LogP contribution in [-0.2, 0) is 0 Å². The van der Waals surface area contributed by atoms with E-state index >= 15 is 0 Å². The number of methoxy groups -OCH3 is 1. The average Bonchev–Trinajstić information content (AvgIpc) is 3.25. The number of aromatic nitrogens is 1. The van der Waals surface area contributed by atoms with Gasteiger partial charge in [0, 0.05) is 18.2 Å². The van der Waals surface area contributed by atoms with E-state index in [9.17, 15) is 4.79 Å². The molecule has 0 fully saturated rings. The Labute approximate surface area is 176 Å². The Hall–Kier alpha value is -3.32. The topological polar surface area (TPSA) is 76.8 Å². The Bertz CT molecular complexity index is 949. The van der Waals surface area contributed by atoms with Gasteiger partial charge >= 0.3 is 0 Å². The van der Waals surface area contributed by atoms with Crippen LogP contribution in [0, 0.1) is 0 Å². The third kappa shape index (κ3) is 5.18. The Morgan fingerprint density at radius 1 is 1.10 bits per heavy atom. The fraction of sp³-hybridized carbons (Fsp3) is 0.304. The van der Waals surface area contributed by atoms with E-state index in [0.717, 1.165) is 22.6 Å². The fourth-order valence-corrected chi connectivity index (χ4v) is 3.10. The molecule has 0 aliphatic heterocycles. The van der Waals surface area contributed by atoms with Gasteiger partial charge in [-0.15, -0.1) is 0 Å². The Morgan fingerprint density at radius 3 is 2.37 bits per heavy atom. The van der Waals surface area contributed by atoms with Crippen LogP contribution in [0.3, 0.4) is 0 Å². The summed E-state index contributed by atoms with van der Waals surface area (Å²) in [6.45, 7) is 3.02. The Morgan fingerprint density at radius 2 is 1.77 bits per heavy atom. The molecule has 0 bridgehead atoms. The summed E-state index contributed by atoms with van der Waals surface area (Å²) >= 11 is 0. The first kappa shape index (κ1) is 21.4. The second kappa shape index (κ2) is 9.93. The van der Waals surface area contributed by atoms with Gasteiger partial charge in [-0.3, -0.25) is 4.79 Å². The van der Waals surface area contributed by atoms with E-state index in [2.05, 4.69) is 15.4 Å². The van der Waals surface area contributed by atoms with E-state index < -0.39 is 0 Å².